The van der Waals surface area contributed by atoms with Crippen molar-refractivity contribution in [3.63, 3.8) is 0 Å². The van der Waals surface area contributed by atoms with E-state index in [9.17, 15) is 4.79 Å². The zero-order chi connectivity index (χ0) is 12.0. The third-order valence-corrected chi connectivity index (χ3v) is 2.70. The van der Waals surface area contributed by atoms with Gasteiger partial charge in [0.25, 0.3) is 0 Å². The molecule has 0 saturated heterocycles. The number of esters is 1. The highest BCUT2D eigenvalue weighted by Crippen LogP contribution is 2.06. The summed E-state index contributed by atoms with van der Waals surface area (Å²) in [6.45, 7) is 4.23. The van der Waals surface area contributed by atoms with Crippen molar-refractivity contribution in [2.45, 2.75) is 13.3 Å². The molecule has 1 rings (SSSR count). The van der Waals surface area contributed by atoms with Crippen molar-refractivity contribution in [3.05, 3.63) is 35.4 Å². The molecule has 0 spiro atoms. The van der Waals surface area contributed by atoms with Crippen molar-refractivity contribution in [1.82, 2.24) is 4.90 Å². The summed E-state index contributed by atoms with van der Waals surface area (Å²) >= 11 is 0. The Morgan fingerprint density at radius 3 is 2.44 bits per heavy atom. The van der Waals surface area contributed by atoms with Gasteiger partial charge in [0.05, 0.1) is 12.7 Å². The average molecular weight is 221 g/mol. The number of carbonyl (C=O) groups is 1. The molecule has 0 N–H and O–H groups in total. The van der Waals surface area contributed by atoms with Gasteiger partial charge in [0.2, 0.25) is 0 Å². The Balaban J connectivity index is 2.54. The Morgan fingerprint density at radius 1 is 1.31 bits per heavy atom. The van der Waals surface area contributed by atoms with Gasteiger partial charge in [0, 0.05) is 6.54 Å². The first-order valence-electron chi connectivity index (χ1n) is 5.53. The molecule has 1 aromatic rings. The van der Waals surface area contributed by atoms with Crippen LogP contribution in [-0.2, 0) is 11.2 Å². The second-order valence-electron chi connectivity index (χ2n) is 3.83. The van der Waals surface area contributed by atoms with Crippen molar-refractivity contribution in [3.8, 4) is 0 Å². The van der Waals surface area contributed by atoms with E-state index in [1.165, 1.54) is 12.7 Å². The predicted molar refractivity (Wildman–Crippen MR) is 64.7 cm³/mol. The van der Waals surface area contributed by atoms with Gasteiger partial charge in [-0.15, -0.1) is 0 Å². The third-order valence-electron chi connectivity index (χ3n) is 2.70. The van der Waals surface area contributed by atoms with Gasteiger partial charge in [0.15, 0.2) is 0 Å². The predicted octanol–water partition coefficient (Wildman–Crippen LogP) is 1.97. The van der Waals surface area contributed by atoms with Crippen molar-refractivity contribution < 1.29 is 9.53 Å². The fraction of sp³-hybridized carbons (Fsp3) is 0.462. The van der Waals surface area contributed by atoms with E-state index in [1.807, 2.05) is 24.3 Å². The highest BCUT2D eigenvalue weighted by atomic mass is 16.5. The number of carbonyl (C=O) groups excluding carboxylic acids is 1. The quantitative estimate of drug-likeness (QED) is 0.712. The second kappa shape index (κ2) is 6.28. The average Bonchev–Trinajstić information content (AvgIpc) is 2.35. The highest BCUT2D eigenvalue weighted by Gasteiger charge is 2.04. The summed E-state index contributed by atoms with van der Waals surface area (Å²) in [5.41, 5.74) is 1.85. The highest BCUT2D eigenvalue weighted by molar-refractivity contribution is 5.89. The molecule has 0 saturated carbocycles. The van der Waals surface area contributed by atoms with Gasteiger partial charge in [-0.25, -0.2) is 4.79 Å². The summed E-state index contributed by atoms with van der Waals surface area (Å²) in [5.74, 6) is -0.280. The van der Waals surface area contributed by atoms with Crippen LogP contribution in [-0.4, -0.2) is 38.1 Å². The smallest absolute Gasteiger partial charge is 0.337 e. The molecule has 0 radical (unpaired) electrons. The number of likely N-dealkylation sites (N-methyl/N-ethyl adjacent to an activating group) is 1. The molecule has 3 nitrogen and oxygen atoms in total. The molecule has 0 aliphatic heterocycles. The topological polar surface area (TPSA) is 29.5 Å². The number of nitrogens with zero attached hydrogens (tertiary/aromatic N) is 1. The van der Waals surface area contributed by atoms with E-state index in [1.54, 1.807) is 0 Å². The number of rotatable bonds is 5. The molecule has 0 unspecified atom stereocenters. The molecule has 0 heterocycles. The Morgan fingerprint density at radius 2 is 1.94 bits per heavy atom. The summed E-state index contributed by atoms with van der Waals surface area (Å²) in [5, 5.41) is 0. The molecular formula is C13H19NO2. The van der Waals surface area contributed by atoms with Crippen LogP contribution in [0.15, 0.2) is 24.3 Å². The first-order chi connectivity index (χ1) is 7.67. The van der Waals surface area contributed by atoms with Gasteiger partial charge >= 0.3 is 5.97 Å². The molecule has 16 heavy (non-hydrogen) atoms. The summed E-state index contributed by atoms with van der Waals surface area (Å²) in [7, 11) is 3.50. The number of benzene rings is 1. The van der Waals surface area contributed by atoms with Gasteiger partial charge in [-0.1, -0.05) is 19.1 Å². The first-order valence-corrected chi connectivity index (χ1v) is 5.53. The normalized spacial score (nSPS) is 10.5. The lowest BCUT2D eigenvalue weighted by Crippen LogP contribution is -2.20. The molecule has 0 aliphatic carbocycles. The van der Waals surface area contributed by atoms with E-state index >= 15 is 0 Å². The van der Waals surface area contributed by atoms with Gasteiger partial charge in [0.1, 0.15) is 0 Å². The van der Waals surface area contributed by atoms with Crippen LogP contribution in [0.3, 0.4) is 0 Å². The summed E-state index contributed by atoms with van der Waals surface area (Å²) in [6.07, 6.45) is 1.01. The van der Waals surface area contributed by atoms with Crippen LogP contribution in [0.5, 0.6) is 0 Å². The van der Waals surface area contributed by atoms with Gasteiger partial charge in [-0.2, -0.15) is 0 Å². The number of ether oxygens (including phenoxy) is 1. The van der Waals surface area contributed by atoms with Crippen LogP contribution in [0.4, 0.5) is 0 Å². The maximum Gasteiger partial charge on any atom is 0.337 e. The Hall–Kier alpha value is -1.35. The van der Waals surface area contributed by atoms with Gasteiger partial charge < -0.3 is 9.64 Å². The van der Waals surface area contributed by atoms with E-state index in [2.05, 4.69) is 23.6 Å². The number of methoxy groups -OCH3 is 1. The lowest BCUT2D eigenvalue weighted by molar-refractivity contribution is 0.0600. The molecule has 0 atom stereocenters. The number of hydrogen-bond donors (Lipinski definition) is 0. The Labute approximate surface area is 97.0 Å². The van der Waals surface area contributed by atoms with Crippen molar-refractivity contribution in [2.24, 2.45) is 0 Å². The van der Waals surface area contributed by atoms with Crippen LogP contribution < -0.4 is 0 Å². The summed E-state index contributed by atoms with van der Waals surface area (Å²) < 4.78 is 4.64. The lowest BCUT2D eigenvalue weighted by atomic mass is 10.1. The van der Waals surface area contributed by atoms with Crippen LogP contribution in [0.2, 0.25) is 0 Å². The van der Waals surface area contributed by atoms with E-state index < -0.39 is 0 Å². The van der Waals surface area contributed by atoms with E-state index in [-0.39, 0.29) is 5.97 Å². The summed E-state index contributed by atoms with van der Waals surface area (Å²) in [6, 6.07) is 7.59. The Kier molecular flexibility index (Phi) is 4.99. The molecule has 88 valence electrons. The zero-order valence-electron chi connectivity index (χ0n) is 10.2. The zero-order valence-corrected chi connectivity index (χ0v) is 10.2. The standard InChI is InChI=1S/C13H19NO2/c1-4-14(2)10-9-11-5-7-12(8-6-11)13(15)16-3/h5-8H,4,9-10H2,1-3H3. The van der Waals surface area contributed by atoms with Crippen LogP contribution in [0, 0.1) is 0 Å². The van der Waals surface area contributed by atoms with Gasteiger partial charge in [-0.05, 0) is 37.7 Å². The van der Waals surface area contributed by atoms with E-state index in [0.29, 0.717) is 5.56 Å². The molecule has 0 amide bonds. The molecule has 0 aliphatic rings. The monoisotopic (exact) mass is 221 g/mol. The van der Waals surface area contributed by atoms with Crippen molar-refractivity contribution in [2.75, 3.05) is 27.2 Å². The van der Waals surface area contributed by atoms with Crippen molar-refractivity contribution >= 4 is 5.97 Å². The Bertz CT molecular complexity index is 332. The largest absolute Gasteiger partial charge is 0.465 e. The fourth-order valence-corrected chi connectivity index (χ4v) is 1.40. The minimum atomic E-state index is -0.280. The van der Waals surface area contributed by atoms with Gasteiger partial charge in [-0.3, -0.25) is 0 Å². The van der Waals surface area contributed by atoms with Crippen LogP contribution in [0.25, 0.3) is 0 Å². The fourth-order valence-electron chi connectivity index (χ4n) is 1.40. The molecular weight excluding hydrogens is 202 g/mol. The summed E-state index contributed by atoms with van der Waals surface area (Å²) in [4.78, 5) is 13.5. The molecule has 0 fully saturated rings. The second-order valence-corrected chi connectivity index (χ2v) is 3.83. The van der Waals surface area contributed by atoms with E-state index in [0.717, 1.165) is 19.5 Å². The molecule has 0 aromatic heterocycles. The maximum atomic E-state index is 11.2. The lowest BCUT2D eigenvalue weighted by Gasteiger charge is -2.13. The maximum absolute atomic E-state index is 11.2. The SMILES string of the molecule is CCN(C)CCc1ccc(C(=O)OC)cc1. The molecule has 1 aromatic carbocycles. The van der Waals surface area contributed by atoms with Crippen LogP contribution >= 0.6 is 0 Å². The van der Waals surface area contributed by atoms with E-state index in [4.69, 9.17) is 0 Å². The number of hydrogen-bond acceptors (Lipinski definition) is 3. The first kappa shape index (κ1) is 12.7. The third kappa shape index (κ3) is 3.66. The van der Waals surface area contributed by atoms with Crippen LogP contribution in [0.1, 0.15) is 22.8 Å². The minimum Gasteiger partial charge on any atom is -0.465 e. The minimum absolute atomic E-state index is 0.280. The molecule has 0 bridgehead atoms. The van der Waals surface area contributed by atoms with Crippen molar-refractivity contribution in [1.29, 1.82) is 0 Å². The molecule has 3 heteroatoms.